The molecule has 230 valence electrons. The minimum atomic E-state index is 1.11. The Balaban J connectivity index is 1.11. The second-order valence-electron chi connectivity index (χ2n) is 12.6. The highest BCUT2D eigenvalue weighted by molar-refractivity contribution is 6.20. The van der Waals surface area contributed by atoms with Crippen molar-refractivity contribution in [1.82, 2.24) is 0 Å². The number of fused-ring (bicyclic) bond motifs is 5. The zero-order chi connectivity index (χ0) is 32.6. The smallest absolute Gasteiger partial charge is 0.0467 e. The predicted molar refractivity (Wildman–Crippen MR) is 210 cm³/mol. The van der Waals surface area contributed by atoms with Crippen LogP contribution in [0.4, 0.5) is 17.1 Å². The SMILES string of the molecule is c1ccc(-c2ccc(N(c3ccc(-c4ccc5c(ccc6ccc7ccccc7c65)c4)cc3)c3cccc(-c4ccccc4)c3)cc2)cc1. The van der Waals surface area contributed by atoms with Crippen molar-refractivity contribution in [3.8, 4) is 33.4 Å². The Morgan fingerprint density at radius 3 is 1.41 bits per heavy atom. The van der Waals surface area contributed by atoms with Crippen LogP contribution in [0.1, 0.15) is 0 Å². The van der Waals surface area contributed by atoms with Gasteiger partial charge in [-0.25, -0.2) is 0 Å². The van der Waals surface area contributed by atoms with E-state index in [9.17, 15) is 0 Å². The molecule has 0 atom stereocenters. The Labute approximate surface area is 287 Å². The molecule has 1 heteroatoms. The molecular weight excluding hydrogens is 591 g/mol. The molecule has 0 aromatic heterocycles. The Morgan fingerprint density at radius 1 is 0.245 bits per heavy atom. The summed E-state index contributed by atoms with van der Waals surface area (Å²) < 4.78 is 0. The van der Waals surface area contributed by atoms with Crippen molar-refractivity contribution in [2.24, 2.45) is 0 Å². The average Bonchev–Trinajstić information content (AvgIpc) is 3.19. The van der Waals surface area contributed by atoms with Gasteiger partial charge < -0.3 is 4.90 Å². The summed E-state index contributed by atoms with van der Waals surface area (Å²) in [7, 11) is 0. The highest BCUT2D eigenvalue weighted by atomic mass is 15.1. The van der Waals surface area contributed by atoms with Crippen LogP contribution in [0.2, 0.25) is 0 Å². The van der Waals surface area contributed by atoms with Crippen LogP contribution >= 0.6 is 0 Å². The molecule has 0 amide bonds. The molecule has 0 unspecified atom stereocenters. The molecular formula is C48H33N. The molecule has 9 rings (SSSR count). The minimum absolute atomic E-state index is 1.11. The van der Waals surface area contributed by atoms with Crippen LogP contribution in [-0.2, 0) is 0 Å². The molecule has 0 bridgehead atoms. The molecule has 0 radical (unpaired) electrons. The molecule has 0 heterocycles. The second-order valence-corrected chi connectivity index (χ2v) is 12.6. The highest BCUT2D eigenvalue weighted by Crippen LogP contribution is 2.39. The van der Waals surface area contributed by atoms with Gasteiger partial charge >= 0.3 is 0 Å². The Bertz CT molecular complexity index is 2570. The van der Waals surface area contributed by atoms with Gasteiger partial charge in [-0.05, 0) is 108 Å². The minimum Gasteiger partial charge on any atom is -0.310 e. The number of anilines is 3. The maximum Gasteiger partial charge on any atom is 0.0467 e. The van der Waals surface area contributed by atoms with Crippen molar-refractivity contribution in [3.63, 3.8) is 0 Å². The third-order valence-corrected chi connectivity index (χ3v) is 9.63. The van der Waals surface area contributed by atoms with Crippen LogP contribution in [0, 0.1) is 0 Å². The fourth-order valence-electron chi connectivity index (χ4n) is 7.15. The maximum absolute atomic E-state index is 2.35. The summed E-state index contributed by atoms with van der Waals surface area (Å²) in [6.07, 6.45) is 0. The van der Waals surface area contributed by atoms with Gasteiger partial charge in [0.1, 0.15) is 0 Å². The van der Waals surface area contributed by atoms with Crippen LogP contribution in [-0.4, -0.2) is 0 Å². The maximum atomic E-state index is 2.35. The highest BCUT2D eigenvalue weighted by Gasteiger charge is 2.15. The second kappa shape index (κ2) is 12.3. The van der Waals surface area contributed by atoms with E-state index in [0.29, 0.717) is 0 Å². The third kappa shape index (κ3) is 5.42. The zero-order valence-electron chi connectivity index (χ0n) is 27.0. The Kier molecular flexibility index (Phi) is 7.22. The summed E-state index contributed by atoms with van der Waals surface area (Å²) in [5, 5.41) is 7.72. The van der Waals surface area contributed by atoms with Crippen molar-refractivity contribution in [3.05, 3.63) is 200 Å². The fourth-order valence-corrected chi connectivity index (χ4v) is 7.15. The molecule has 49 heavy (non-hydrogen) atoms. The zero-order valence-corrected chi connectivity index (χ0v) is 27.0. The molecule has 0 saturated heterocycles. The summed E-state index contributed by atoms with van der Waals surface area (Å²) in [5.74, 6) is 0. The van der Waals surface area contributed by atoms with E-state index in [-0.39, 0.29) is 0 Å². The van der Waals surface area contributed by atoms with E-state index in [1.54, 1.807) is 0 Å². The van der Waals surface area contributed by atoms with E-state index in [1.807, 2.05) is 0 Å². The molecule has 0 aliphatic rings. The lowest BCUT2D eigenvalue weighted by molar-refractivity contribution is 1.28. The predicted octanol–water partition coefficient (Wildman–Crippen LogP) is 13.6. The van der Waals surface area contributed by atoms with E-state index in [1.165, 1.54) is 65.7 Å². The van der Waals surface area contributed by atoms with Gasteiger partial charge in [-0.3, -0.25) is 0 Å². The normalized spacial score (nSPS) is 11.3. The molecule has 1 nitrogen and oxygen atoms in total. The van der Waals surface area contributed by atoms with Crippen LogP contribution in [0.3, 0.4) is 0 Å². The van der Waals surface area contributed by atoms with Crippen LogP contribution in [0.5, 0.6) is 0 Å². The van der Waals surface area contributed by atoms with Crippen molar-refractivity contribution in [2.75, 3.05) is 4.90 Å². The number of hydrogen-bond acceptors (Lipinski definition) is 1. The Morgan fingerprint density at radius 2 is 0.714 bits per heavy atom. The van der Waals surface area contributed by atoms with Crippen molar-refractivity contribution in [2.45, 2.75) is 0 Å². The van der Waals surface area contributed by atoms with Gasteiger partial charge in [0.2, 0.25) is 0 Å². The van der Waals surface area contributed by atoms with Gasteiger partial charge in [0.25, 0.3) is 0 Å². The number of nitrogens with zero attached hydrogens (tertiary/aromatic N) is 1. The monoisotopic (exact) mass is 623 g/mol. The Hall–Kier alpha value is -6.44. The molecule has 0 spiro atoms. The summed E-state index contributed by atoms with van der Waals surface area (Å²) in [4.78, 5) is 2.35. The van der Waals surface area contributed by atoms with Crippen molar-refractivity contribution >= 4 is 49.4 Å². The van der Waals surface area contributed by atoms with Gasteiger partial charge in [0.05, 0.1) is 0 Å². The first-order valence-electron chi connectivity index (χ1n) is 16.8. The first-order valence-corrected chi connectivity index (χ1v) is 16.8. The van der Waals surface area contributed by atoms with Gasteiger partial charge in [-0.1, -0.05) is 158 Å². The molecule has 0 saturated carbocycles. The van der Waals surface area contributed by atoms with Crippen LogP contribution in [0.15, 0.2) is 200 Å². The standard InChI is InChI=1S/C48H33N/c1-3-10-34(11-4-1)36-22-27-43(28-23-36)49(45-16-9-15-40(33-45)35-12-5-2-6-13-35)44-29-24-37(25-30-44)41-26-31-47-42(32-41)21-20-39-19-18-38-14-7-8-17-46(38)48(39)47/h1-33H. The quantitative estimate of drug-likeness (QED) is 0.167. The first-order chi connectivity index (χ1) is 24.3. The molecule has 0 aliphatic heterocycles. The topological polar surface area (TPSA) is 3.24 Å². The van der Waals surface area contributed by atoms with E-state index in [2.05, 4.69) is 205 Å². The molecule has 9 aromatic carbocycles. The van der Waals surface area contributed by atoms with Gasteiger partial charge in [0.15, 0.2) is 0 Å². The lowest BCUT2D eigenvalue weighted by atomic mass is 9.94. The lowest BCUT2D eigenvalue weighted by Gasteiger charge is -2.26. The molecule has 0 N–H and O–H groups in total. The van der Waals surface area contributed by atoms with Crippen LogP contribution < -0.4 is 4.90 Å². The summed E-state index contributed by atoms with van der Waals surface area (Å²) >= 11 is 0. The number of rotatable bonds is 6. The van der Waals surface area contributed by atoms with E-state index in [0.717, 1.165) is 17.1 Å². The van der Waals surface area contributed by atoms with Crippen molar-refractivity contribution in [1.29, 1.82) is 0 Å². The van der Waals surface area contributed by atoms with E-state index in [4.69, 9.17) is 0 Å². The van der Waals surface area contributed by atoms with Gasteiger partial charge in [-0.15, -0.1) is 0 Å². The number of hydrogen-bond donors (Lipinski definition) is 0. The largest absolute Gasteiger partial charge is 0.310 e. The first kappa shape index (κ1) is 28.8. The van der Waals surface area contributed by atoms with Crippen LogP contribution in [0.25, 0.3) is 65.7 Å². The van der Waals surface area contributed by atoms with Crippen molar-refractivity contribution < 1.29 is 0 Å². The average molecular weight is 624 g/mol. The van der Waals surface area contributed by atoms with E-state index >= 15 is 0 Å². The fraction of sp³-hybridized carbons (Fsp3) is 0. The molecule has 0 aliphatic carbocycles. The lowest BCUT2D eigenvalue weighted by Crippen LogP contribution is -2.10. The summed E-state index contributed by atoms with van der Waals surface area (Å²) in [5.41, 5.74) is 10.6. The van der Waals surface area contributed by atoms with Gasteiger partial charge in [-0.2, -0.15) is 0 Å². The molecule has 9 aromatic rings. The summed E-state index contributed by atoms with van der Waals surface area (Å²) in [6, 6.07) is 72.4. The van der Waals surface area contributed by atoms with Gasteiger partial charge in [0, 0.05) is 17.1 Å². The number of benzene rings is 9. The third-order valence-electron chi connectivity index (χ3n) is 9.63. The van der Waals surface area contributed by atoms with E-state index < -0.39 is 0 Å². The summed E-state index contributed by atoms with van der Waals surface area (Å²) in [6.45, 7) is 0. The molecule has 0 fully saturated rings.